The van der Waals surface area contributed by atoms with Crippen molar-refractivity contribution in [2.45, 2.75) is 5.92 Å². The van der Waals surface area contributed by atoms with Crippen LogP contribution in [0.15, 0.2) is 46.9 Å². The van der Waals surface area contributed by atoms with Gasteiger partial charge in [-0.2, -0.15) is 10.5 Å². The van der Waals surface area contributed by atoms with Gasteiger partial charge in [-0.1, -0.05) is 45.2 Å². The molecular weight excluding hydrogens is 425 g/mol. The van der Waals surface area contributed by atoms with Crippen LogP contribution >= 0.6 is 39.1 Å². The Morgan fingerprint density at radius 3 is 2.32 bits per heavy atom. The number of nitrogens with one attached hydrogen (secondary N) is 1. The molecule has 1 aliphatic rings. The van der Waals surface area contributed by atoms with Crippen molar-refractivity contribution in [3.8, 4) is 12.1 Å². The molecule has 0 aromatic heterocycles. The number of nitrogens with zero attached hydrogens (tertiary/aromatic N) is 2. The lowest BCUT2D eigenvalue weighted by Gasteiger charge is -2.06. The van der Waals surface area contributed by atoms with E-state index in [-0.39, 0.29) is 5.91 Å². The standard InChI is InChI=1S/C18H10BrCl2N3O/c19-10-1-4-12(5-2-10)24-17(25)16-15(18(16,8-22)9-23)13-6-3-11(20)7-14(13)21/h1-7,15-16H,(H,24,25)/t15-,16+/m1/s1. The second-order valence-corrected chi connectivity index (χ2v) is 7.47. The summed E-state index contributed by atoms with van der Waals surface area (Å²) in [4.78, 5) is 12.7. The highest BCUT2D eigenvalue weighted by atomic mass is 79.9. The van der Waals surface area contributed by atoms with Crippen LogP contribution in [0.3, 0.4) is 0 Å². The van der Waals surface area contributed by atoms with Gasteiger partial charge in [0, 0.05) is 26.1 Å². The van der Waals surface area contributed by atoms with E-state index in [9.17, 15) is 15.3 Å². The van der Waals surface area contributed by atoms with Gasteiger partial charge >= 0.3 is 0 Å². The lowest BCUT2D eigenvalue weighted by molar-refractivity contribution is -0.117. The highest BCUT2D eigenvalue weighted by molar-refractivity contribution is 9.10. The molecule has 1 amide bonds. The maximum atomic E-state index is 12.7. The molecule has 4 nitrogen and oxygen atoms in total. The van der Waals surface area contributed by atoms with Crippen molar-refractivity contribution in [2.75, 3.05) is 5.32 Å². The number of carbonyl (C=O) groups excluding carboxylic acids is 1. The zero-order valence-electron chi connectivity index (χ0n) is 12.6. The average molecular weight is 435 g/mol. The van der Waals surface area contributed by atoms with Crippen LogP contribution in [0.25, 0.3) is 0 Å². The summed E-state index contributed by atoms with van der Waals surface area (Å²) in [7, 11) is 0. The second kappa shape index (κ2) is 6.69. The van der Waals surface area contributed by atoms with Crippen molar-refractivity contribution in [1.29, 1.82) is 10.5 Å². The molecule has 25 heavy (non-hydrogen) atoms. The number of nitriles is 2. The van der Waals surface area contributed by atoms with Gasteiger partial charge in [0.1, 0.15) is 0 Å². The van der Waals surface area contributed by atoms with Gasteiger partial charge in [0.2, 0.25) is 5.91 Å². The smallest absolute Gasteiger partial charge is 0.230 e. The van der Waals surface area contributed by atoms with Gasteiger partial charge in [-0.15, -0.1) is 0 Å². The minimum absolute atomic E-state index is 0.339. The molecule has 0 bridgehead atoms. The maximum Gasteiger partial charge on any atom is 0.230 e. The van der Waals surface area contributed by atoms with E-state index < -0.39 is 17.3 Å². The van der Waals surface area contributed by atoms with Crippen molar-refractivity contribution < 1.29 is 4.79 Å². The SMILES string of the molecule is N#CC1(C#N)[C@H](C(=O)Nc2ccc(Br)cc2)[C@H]1c1ccc(Cl)cc1Cl. The van der Waals surface area contributed by atoms with E-state index in [1.54, 1.807) is 42.5 Å². The predicted molar refractivity (Wildman–Crippen MR) is 99.1 cm³/mol. The summed E-state index contributed by atoms with van der Waals surface area (Å²) in [5, 5.41) is 22.6. The molecule has 0 spiro atoms. The van der Waals surface area contributed by atoms with E-state index in [1.165, 1.54) is 0 Å². The first-order valence-electron chi connectivity index (χ1n) is 7.27. The van der Waals surface area contributed by atoms with E-state index >= 15 is 0 Å². The first-order valence-corrected chi connectivity index (χ1v) is 8.81. The van der Waals surface area contributed by atoms with E-state index in [0.29, 0.717) is 21.3 Å². The number of rotatable bonds is 3. The summed E-state index contributed by atoms with van der Waals surface area (Å²) in [6.45, 7) is 0. The van der Waals surface area contributed by atoms with Gasteiger partial charge < -0.3 is 5.32 Å². The third kappa shape index (κ3) is 3.12. The highest BCUT2D eigenvalue weighted by Crippen LogP contribution is 2.65. The number of halogens is 3. The Kier molecular flexibility index (Phi) is 4.75. The van der Waals surface area contributed by atoms with E-state index in [2.05, 4.69) is 21.2 Å². The number of hydrogen-bond donors (Lipinski definition) is 1. The Labute approximate surface area is 163 Å². The van der Waals surface area contributed by atoms with Crippen LogP contribution < -0.4 is 5.32 Å². The van der Waals surface area contributed by atoms with Gasteiger partial charge in [-0.3, -0.25) is 4.79 Å². The molecule has 1 aliphatic carbocycles. The molecule has 124 valence electrons. The van der Waals surface area contributed by atoms with Gasteiger partial charge in [-0.25, -0.2) is 0 Å². The van der Waals surface area contributed by atoms with Crippen molar-refractivity contribution in [2.24, 2.45) is 11.3 Å². The molecule has 2 atom stereocenters. The van der Waals surface area contributed by atoms with Crippen molar-refractivity contribution in [1.82, 2.24) is 0 Å². The fourth-order valence-electron chi connectivity index (χ4n) is 2.98. The topological polar surface area (TPSA) is 76.7 Å². The Morgan fingerprint density at radius 1 is 1.12 bits per heavy atom. The van der Waals surface area contributed by atoms with Gasteiger partial charge in [0.25, 0.3) is 0 Å². The summed E-state index contributed by atoms with van der Waals surface area (Å²) in [5.41, 5.74) is -0.271. The van der Waals surface area contributed by atoms with Gasteiger partial charge in [0.15, 0.2) is 5.41 Å². The van der Waals surface area contributed by atoms with Gasteiger partial charge in [-0.05, 0) is 42.0 Å². The summed E-state index contributed by atoms with van der Waals surface area (Å²) >= 11 is 15.4. The molecule has 2 aromatic carbocycles. The van der Waals surface area contributed by atoms with Gasteiger partial charge in [0.05, 0.1) is 18.1 Å². The molecule has 1 saturated carbocycles. The Bertz CT molecular complexity index is 917. The minimum atomic E-state index is -1.43. The summed E-state index contributed by atoms with van der Waals surface area (Å²) < 4.78 is 0.881. The van der Waals surface area contributed by atoms with Crippen molar-refractivity contribution in [3.05, 3.63) is 62.5 Å². The van der Waals surface area contributed by atoms with Crippen LogP contribution in [-0.4, -0.2) is 5.91 Å². The van der Waals surface area contributed by atoms with E-state index in [0.717, 1.165) is 4.47 Å². The normalized spacial score (nSPS) is 20.2. The summed E-state index contributed by atoms with van der Waals surface area (Å²) in [6, 6.07) is 15.9. The molecule has 2 aromatic rings. The van der Waals surface area contributed by atoms with Crippen LogP contribution in [0.4, 0.5) is 5.69 Å². The Morgan fingerprint density at radius 2 is 1.76 bits per heavy atom. The first kappa shape index (κ1) is 17.8. The molecule has 0 radical (unpaired) electrons. The Hall–Kier alpha value is -2.05. The van der Waals surface area contributed by atoms with E-state index in [1.807, 2.05) is 12.1 Å². The molecule has 1 fully saturated rings. The molecule has 0 heterocycles. The molecule has 0 aliphatic heterocycles. The fraction of sp³-hybridized carbons (Fsp3) is 0.167. The lowest BCUT2D eigenvalue weighted by Crippen LogP contribution is -2.17. The van der Waals surface area contributed by atoms with E-state index in [4.69, 9.17) is 23.2 Å². The quantitative estimate of drug-likeness (QED) is 0.726. The molecule has 0 unspecified atom stereocenters. The average Bonchev–Trinajstić information content (AvgIpc) is 3.26. The van der Waals surface area contributed by atoms with Crippen molar-refractivity contribution >= 4 is 50.7 Å². The zero-order valence-corrected chi connectivity index (χ0v) is 15.7. The molecule has 7 heteroatoms. The van der Waals surface area contributed by atoms with Crippen LogP contribution in [0, 0.1) is 34.0 Å². The number of benzene rings is 2. The third-order valence-corrected chi connectivity index (χ3v) is 5.36. The summed E-state index contributed by atoms with van der Waals surface area (Å²) in [5.74, 6) is -1.78. The second-order valence-electron chi connectivity index (χ2n) is 5.71. The lowest BCUT2D eigenvalue weighted by atomic mass is 10.0. The molecular formula is C18H10BrCl2N3O. The van der Waals surface area contributed by atoms with Crippen molar-refractivity contribution in [3.63, 3.8) is 0 Å². The largest absolute Gasteiger partial charge is 0.326 e. The zero-order chi connectivity index (χ0) is 18.2. The number of amides is 1. The number of hydrogen-bond acceptors (Lipinski definition) is 3. The number of carbonyl (C=O) groups is 1. The third-order valence-electron chi connectivity index (χ3n) is 4.27. The fourth-order valence-corrected chi connectivity index (χ4v) is 3.77. The molecule has 3 rings (SSSR count). The molecule has 1 N–H and O–H groups in total. The van der Waals surface area contributed by atoms with Crippen LogP contribution in [0.2, 0.25) is 10.0 Å². The monoisotopic (exact) mass is 433 g/mol. The van der Waals surface area contributed by atoms with Crippen LogP contribution in [0.5, 0.6) is 0 Å². The highest BCUT2D eigenvalue weighted by Gasteiger charge is 2.71. The van der Waals surface area contributed by atoms with Crippen LogP contribution in [-0.2, 0) is 4.79 Å². The Balaban J connectivity index is 1.91. The minimum Gasteiger partial charge on any atom is -0.326 e. The predicted octanol–water partition coefficient (Wildman–Crippen LogP) is 5.14. The first-order chi connectivity index (χ1) is 11.9. The van der Waals surface area contributed by atoms with Crippen LogP contribution in [0.1, 0.15) is 11.5 Å². The number of anilines is 1. The maximum absolute atomic E-state index is 12.7. The molecule has 0 saturated heterocycles. The summed E-state index contributed by atoms with van der Waals surface area (Å²) in [6.07, 6.45) is 0.